The van der Waals surface area contributed by atoms with E-state index in [1.807, 2.05) is 6.07 Å². The molecule has 4 nitrogen and oxygen atoms in total. The van der Waals surface area contributed by atoms with E-state index in [0.29, 0.717) is 26.9 Å². The molecule has 0 saturated heterocycles. The van der Waals surface area contributed by atoms with Crippen molar-refractivity contribution in [3.8, 4) is 11.9 Å². The summed E-state index contributed by atoms with van der Waals surface area (Å²) in [6.07, 6.45) is 0. The van der Waals surface area contributed by atoms with Crippen molar-refractivity contribution in [2.24, 2.45) is 0 Å². The molecule has 0 aromatic carbocycles. The average molecular weight is 325 g/mol. The third kappa shape index (κ3) is 3.19. The minimum atomic E-state index is 0.262. The summed E-state index contributed by atoms with van der Waals surface area (Å²) in [5.41, 5.74) is 1.18. The van der Waals surface area contributed by atoms with Crippen molar-refractivity contribution in [3.05, 3.63) is 51.3 Å². The number of aromatic nitrogens is 2. The van der Waals surface area contributed by atoms with Gasteiger partial charge >= 0.3 is 0 Å². The lowest BCUT2D eigenvalue weighted by Crippen LogP contribution is -2.00. The molecule has 0 spiro atoms. The summed E-state index contributed by atoms with van der Waals surface area (Å²) in [6.45, 7) is 0.262. The first-order valence-corrected chi connectivity index (χ1v) is 6.17. The second kappa shape index (κ2) is 5.80. The van der Waals surface area contributed by atoms with Crippen LogP contribution in [0.3, 0.4) is 0 Å². The molecule has 0 amide bonds. The number of nitrogens with zero attached hydrogens (tertiary/aromatic N) is 3. The Morgan fingerprint density at radius 3 is 2.78 bits per heavy atom. The van der Waals surface area contributed by atoms with Crippen molar-refractivity contribution in [1.29, 1.82) is 5.26 Å². The molecule has 2 rings (SSSR count). The first kappa shape index (κ1) is 12.8. The zero-order valence-electron chi connectivity index (χ0n) is 9.10. The van der Waals surface area contributed by atoms with Crippen molar-refractivity contribution in [3.63, 3.8) is 0 Å². The predicted octanol–water partition coefficient (Wildman–Crippen LogP) is 3.34. The van der Waals surface area contributed by atoms with Gasteiger partial charge in [-0.05, 0) is 34.1 Å². The van der Waals surface area contributed by atoms with E-state index in [4.69, 9.17) is 21.6 Å². The Morgan fingerprint density at radius 1 is 1.28 bits per heavy atom. The Kier molecular flexibility index (Phi) is 4.13. The standard InChI is InChI=1S/C12H7BrClN3O/c13-12-8(6-15)4-5-9(16-12)7-18-11-3-1-2-10(14)17-11/h1-5H,7H2. The third-order valence-electron chi connectivity index (χ3n) is 2.08. The van der Waals surface area contributed by atoms with Gasteiger partial charge in [0.25, 0.3) is 0 Å². The normalized spacial score (nSPS) is 9.83. The maximum absolute atomic E-state index is 8.77. The number of halogens is 2. The van der Waals surface area contributed by atoms with Gasteiger partial charge in [0, 0.05) is 6.07 Å². The number of hydrogen-bond acceptors (Lipinski definition) is 4. The first-order chi connectivity index (χ1) is 8.69. The molecule has 0 radical (unpaired) electrons. The minimum absolute atomic E-state index is 0.262. The second-order valence-electron chi connectivity index (χ2n) is 3.34. The highest BCUT2D eigenvalue weighted by Crippen LogP contribution is 2.16. The Bertz CT molecular complexity index is 613. The Hall–Kier alpha value is -1.64. The fraction of sp³-hybridized carbons (Fsp3) is 0.0833. The van der Waals surface area contributed by atoms with Crippen LogP contribution < -0.4 is 4.74 Å². The maximum atomic E-state index is 8.77. The number of nitriles is 1. The quantitative estimate of drug-likeness (QED) is 0.812. The summed E-state index contributed by atoms with van der Waals surface area (Å²) in [6, 6.07) is 10.6. The van der Waals surface area contributed by atoms with E-state index in [0.717, 1.165) is 0 Å². The highest BCUT2D eigenvalue weighted by molar-refractivity contribution is 9.10. The van der Waals surface area contributed by atoms with Crippen molar-refractivity contribution in [1.82, 2.24) is 9.97 Å². The van der Waals surface area contributed by atoms with Gasteiger partial charge in [-0.25, -0.2) is 9.97 Å². The highest BCUT2D eigenvalue weighted by Gasteiger charge is 2.04. The predicted molar refractivity (Wildman–Crippen MR) is 70.2 cm³/mol. The molecule has 0 atom stereocenters. The van der Waals surface area contributed by atoms with Crippen molar-refractivity contribution < 1.29 is 4.74 Å². The summed E-state index contributed by atoms with van der Waals surface area (Å²) in [4.78, 5) is 8.19. The molecular formula is C12H7BrClN3O. The fourth-order valence-corrected chi connectivity index (χ4v) is 1.86. The molecule has 6 heteroatoms. The zero-order valence-corrected chi connectivity index (χ0v) is 11.4. The van der Waals surface area contributed by atoms with Gasteiger partial charge in [0.15, 0.2) is 0 Å². The van der Waals surface area contributed by atoms with Crippen LogP contribution >= 0.6 is 27.5 Å². The Balaban J connectivity index is 2.07. The summed E-state index contributed by atoms with van der Waals surface area (Å²) >= 11 is 8.96. The van der Waals surface area contributed by atoms with Crippen molar-refractivity contribution in [2.45, 2.75) is 6.61 Å². The van der Waals surface area contributed by atoms with Gasteiger partial charge in [-0.3, -0.25) is 0 Å². The van der Waals surface area contributed by atoms with Gasteiger partial charge in [-0.2, -0.15) is 5.26 Å². The fourth-order valence-electron chi connectivity index (χ4n) is 1.25. The van der Waals surface area contributed by atoms with E-state index in [2.05, 4.69) is 25.9 Å². The topological polar surface area (TPSA) is 58.8 Å². The molecule has 0 fully saturated rings. The Morgan fingerprint density at radius 2 is 2.11 bits per heavy atom. The molecule has 0 bridgehead atoms. The molecule has 0 saturated carbocycles. The zero-order chi connectivity index (χ0) is 13.0. The average Bonchev–Trinajstić information content (AvgIpc) is 2.37. The number of ether oxygens (including phenoxy) is 1. The molecule has 0 aliphatic carbocycles. The van der Waals surface area contributed by atoms with Crippen LogP contribution in [0.5, 0.6) is 5.88 Å². The number of rotatable bonds is 3. The molecule has 18 heavy (non-hydrogen) atoms. The van der Waals surface area contributed by atoms with Crippen molar-refractivity contribution in [2.75, 3.05) is 0 Å². The molecule has 2 aromatic rings. The van der Waals surface area contributed by atoms with Gasteiger partial charge in [0.2, 0.25) is 5.88 Å². The molecule has 2 heterocycles. The summed E-state index contributed by atoms with van der Waals surface area (Å²) in [7, 11) is 0. The van der Waals surface area contributed by atoms with Crippen LogP contribution in [0.4, 0.5) is 0 Å². The van der Waals surface area contributed by atoms with E-state index in [-0.39, 0.29) is 6.61 Å². The maximum Gasteiger partial charge on any atom is 0.215 e. The SMILES string of the molecule is N#Cc1ccc(COc2cccc(Cl)n2)nc1Br. The van der Waals surface area contributed by atoms with Crippen molar-refractivity contribution >= 4 is 27.5 Å². The molecule has 0 N–H and O–H groups in total. The van der Waals surface area contributed by atoms with Crippen LogP contribution in [0.15, 0.2) is 34.9 Å². The van der Waals surface area contributed by atoms with E-state index in [9.17, 15) is 0 Å². The molecule has 90 valence electrons. The van der Waals surface area contributed by atoms with Crippen LogP contribution in [0.1, 0.15) is 11.3 Å². The van der Waals surface area contributed by atoms with Crippen LogP contribution in [-0.4, -0.2) is 9.97 Å². The molecule has 0 unspecified atom stereocenters. The smallest absolute Gasteiger partial charge is 0.215 e. The summed E-state index contributed by atoms with van der Waals surface area (Å²) in [5.74, 6) is 0.435. The van der Waals surface area contributed by atoms with Crippen LogP contribution in [0.2, 0.25) is 5.15 Å². The van der Waals surface area contributed by atoms with Gasteiger partial charge in [-0.15, -0.1) is 0 Å². The van der Waals surface area contributed by atoms with Gasteiger partial charge in [0.1, 0.15) is 22.4 Å². The van der Waals surface area contributed by atoms with E-state index >= 15 is 0 Å². The summed E-state index contributed by atoms with van der Waals surface area (Å²) in [5, 5.41) is 9.15. The van der Waals surface area contributed by atoms with Gasteiger partial charge in [0.05, 0.1) is 11.3 Å². The van der Waals surface area contributed by atoms with Gasteiger partial charge in [-0.1, -0.05) is 17.7 Å². The van der Waals surface area contributed by atoms with E-state index in [1.165, 1.54) is 0 Å². The second-order valence-corrected chi connectivity index (χ2v) is 4.48. The summed E-state index contributed by atoms with van der Waals surface area (Å²) < 4.78 is 5.94. The van der Waals surface area contributed by atoms with Crippen LogP contribution in [-0.2, 0) is 6.61 Å². The monoisotopic (exact) mass is 323 g/mol. The largest absolute Gasteiger partial charge is 0.471 e. The molecule has 2 aromatic heterocycles. The highest BCUT2D eigenvalue weighted by atomic mass is 79.9. The number of hydrogen-bond donors (Lipinski definition) is 0. The third-order valence-corrected chi connectivity index (χ3v) is 2.90. The molecule has 0 aliphatic heterocycles. The van der Waals surface area contributed by atoms with Crippen LogP contribution in [0.25, 0.3) is 0 Å². The minimum Gasteiger partial charge on any atom is -0.471 e. The molecular weight excluding hydrogens is 318 g/mol. The van der Waals surface area contributed by atoms with E-state index in [1.54, 1.807) is 30.3 Å². The molecule has 0 aliphatic rings. The lowest BCUT2D eigenvalue weighted by Gasteiger charge is -2.05. The van der Waals surface area contributed by atoms with E-state index < -0.39 is 0 Å². The Labute approximate surface area is 117 Å². The van der Waals surface area contributed by atoms with Crippen LogP contribution in [0, 0.1) is 11.3 Å². The lowest BCUT2D eigenvalue weighted by molar-refractivity contribution is 0.289. The lowest BCUT2D eigenvalue weighted by atomic mass is 10.3. The van der Waals surface area contributed by atoms with Gasteiger partial charge < -0.3 is 4.74 Å². The first-order valence-electron chi connectivity index (χ1n) is 5.00. The number of pyridine rings is 2.